The highest BCUT2D eigenvalue weighted by Gasteiger charge is 2.08. The molecule has 0 aromatic carbocycles. The Bertz CT molecular complexity index is 487. The van der Waals surface area contributed by atoms with Gasteiger partial charge in [0.15, 0.2) is 11.4 Å². The van der Waals surface area contributed by atoms with Crippen LogP contribution < -0.4 is 0 Å². The molecule has 14 heavy (non-hydrogen) atoms. The van der Waals surface area contributed by atoms with Crippen molar-refractivity contribution in [1.82, 2.24) is 14.4 Å². The van der Waals surface area contributed by atoms with E-state index in [2.05, 4.69) is 9.97 Å². The maximum atomic E-state index is 11.4. The van der Waals surface area contributed by atoms with Crippen LogP contribution in [-0.4, -0.2) is 20.2 Å². The summed E-state index contributed by atoms with van der Waals surface area (Å²) in [4.78, 5) is 19.7. The number of Topliss-reactive ketones (excluding diaryl/α,β-unsaturated/α-hetero) is 1. The largest absolute Gasteiger partial charge is 0.303 e. The van der Waals surface area contributed by atoms with E-state index < -0.39 is 0 Å². The number of ketones is 1. The predicted molar refractivity (Wildman–Crippen MR) is 52.3 cm³/mol. The molecule has 0 unspecified atom stereocenters. The van der Waals surface area contributed by atoms with Crippen molar-refractivity contribution in [1.29, 1.82) is 0 Å². The molecule has 0 saturated heterocycles. The van der Waals surface area contributed by atoms with Crippen molar-refractivity contribution in [3.63, 3.8) is 0 Å². The Kier molecular flexibility index (Phi) is 2.04. The molecule has 0 saturated carbocycles. The zero-order valence-corrected chi connectivity index (χ0v) is 8.19. The molecule has 2 rings (SSSR count). The van der Waals surface area contributed by atoms with Gasteiger partial charge in [0, 0.05) is 18.8 Å². The van der Waals surface area contributed by atoms with Gasteiger partial charge >= 0.3 is 0 Å². The van der Waals surface area contributed by atoms with Crippen LogP contribution in [-0.2, 0) is 0 Å². The van der Waals surface area contributed by atoms with Crippen molar-refractivity contribution in [3.05, 3.63) is 30.0 Å². The smallest absolute Gasteiger partial charge is 0.182 e. The Morgan fingerprint density at radius 3 is 3.00 bits per heavy atom. The van der Waals surface area contributed by atoms with Crippen LogP contribution in [0.25, 0.3) is 5.65 Å². The van der Waals surface area contributed by atoms with Gasteiger partial charge in [-0.3, -0.25) is 9.78 Å². The van der Waals surface area contributed by atoms with E-state index in [0.717, 1.165) is 5.69 Å². The third-order valence-corrected chi connectivity index (χ3v) is 2.08. The fourth-order valence-electron chi connectivity index (χ4n) is 1.32. The summed E-state index contributed by atoms with van der Waals surface area (Å²) < 4.78 is 1.82. The molecule has 0 spiro atoms. The van der Waals surface area contributed by atoms with Gasteiger partial charge in [0.25, 0.3) is 0 Å². The number of rotatable bonds is 2. The van der Waals surface area contributed by atoms with Crippen LogP contribution >= 0.6 is 0 Å². The molecule has 2 aromatic rings. The number of imidazole rings is 1. The highest BCUT2D eigenvalue weighted by molar-refractivity contribution is 5.94. The number of carbonyl (C=O) groups excluding carboxylic acids is 1. The van der Waals surface area contributed by atoms with Gasteiger partial charge < -0.3 is 4.40 Å². The lowest BCUT2D eigenvalue weighted by molar-refractivity contribution is 0.0984. The Hall–Kier alpha value is -1.71. The lowest BCUT2D eigenvalue weighted by Crippen LogP contribution is -1.95. The first-order valence-corrected chi connectivity index (χ1v) is 4.55. The zero-order valence-electron chi connectivity index (χ0n) is 8.19. The van der Waals surface area contributed by atoms with Crippen molar-refractivity contribution in [3.8, 4) is 0 Å². The molecule has 0 N–H and O–H groups in total. The van der Waals surface area contributed by atoms with Gasteiger partial charge in [-0.1, -0.05) is 6.92 Å². The topological polar surface area (TPSA) is 47.3 Å². The minimum Gasteiger partial charge on any atom is -0.303 e. The number of fused-ring (bicyclic) bond motifs is 1. The first kappa shape index (κ1) is 8.87. The Balaban J connectivity index is 2.56. The van der Waals surface area contributed by atoms with Gasteiger partial charge in [0.2, 0.25) is 0 Å². The Morgan fingerprint density at radius 2 is 2.29 bits per heavy atom. The summed E-state index contributed by atoms with van der Waals surface area (Å²) in [6, 6.07) is 0. The first-order chi connectivity index (χ1) is 6.70. The van der Waals surface area contributed by atoms with Crippen LogP contribution in [0, 0.1) is 6.92 Å². The van der Waals surface area contributed by atoms with Crippen LogP contribution in [0.4, 0.5) is 0 Å². The second-order valence-electron chi connectivity index (χ2n) is 3.20. The van der Waals surface area contributed by atoms with E-state index in [-0.39, 0.29) is 5.78 Å². The van der Waals surface area contributed by atoms with Crippen molar-refractivity contribution < 1.29 is 4.79 Å². The average Bonchev–Trinajstić information content (AvgIpc) is 2.59. The number of hydrogen-bond donors (Lipinski definition) is 0. The SMILES string of the molecule is CCC(=O)c1cn2cc(C)ncc2n1. The molecule has 0 aliphatic rings. The second kappa shape index (κ2) is 3.21. The van der Waals surface area contributed by atoms with E-state index in [4.69, 9.17) is 0 Å². The monoisotopic (exact) mass is 189 g/mol. The molecule has 0 aliphatic carbocycles. The maximum Gasteiger partial charge on any atom is 0.182 e. The van der Waals surface area contributed by atoms with Crippen molar-refractivity contribution in [2.24, 2.45) is 0 Å². The van der Waals surface area contributed by atoms with E-state index >= 15 is 0 Å². The van der Waals surface area contributed by atoms with E-state index in [1.54, 1.807) is 12.4 Å². The van der Waals surface area contributed by atoms with Crippen molar-refractivity contribution >= 4 is 11.4 Å². The molecule has 0 atom stereocenters. The van der Waals surface area contributed by atoms with Gasteiger partial charge in [0.1, 0.15) is 5.69 Å². The third-order valence-electron chi connectivity index (χ3n) is 2.08. The predicted octanol–water partition coefficient (Wildman–Crippen LogP) is 1.63. The Labute approximate surface area is 81.6 Å². The minimum atomic E-state index is 0.0614. The lowest BCUT2D eigenvalue weighted by Gasteiger charge is -1.92. The molecule has 0 fully saturated rings. The number of carbonyl (C=O) groups is 1. The molecule has 72 valence electrons. The summed E-state index contributed by atoms with van der Waals surface area (Å²) in [5, 5.41) is 0. The minimum absolute atomic E-state index is 0.0614. The average molecular weight is 189 g/mol. The van der Waals surface area contributed by atoms with E-state index in [1.165, 1.54) is 0 Å². The van der Waals surface area contributed by atoms with Crippen LogP contribution in [0.5, 0.6) is 0 Å². The van der Waals surface area contributed by atoms with Crippen LogP contribution in [0.15, 0.2) is 18.6 Å². The van der Waals surface area contributed by atoms with Crippen molar-refractivity contribution in [2.45, 2.75) is 20.3 Å². The molecule has 0 aliphatic heterocycles. The molecule has 0 bridgehead atoms. The quantitative estimate of drug-likeness (QED) is 0.674. The van der Waals surface area contributed by atoms with Gasteiger partial charge in [-0.2, -0.15) is 0 Å². The van der Waals surface area contributed by atoms with E-state index in [0.29, 0.717) is 17.8 Å². The van der Waals surface area contributed by atoms with Gasteiger partial charge in [0.05, 0.1) is 11.9 Å². The number of hydrogen-bond acceptors (Lipinski definition) is 3. The number of aryl methyl sites for hydroxylation is 1. The van der Waals surface area contributed by atoms with Gasteiger partial charge in [-0.15, -0.1) is 0 Å². The molecule has 4 nitrogen and oxygen atoms in total. The van der Waals surface area contributed by atoms with Crippen LogP contribution in [0.2, 0.25) is 0 Å². The Morgan fingerprint density at radius 1 is 1.50 bits per heavy atom. The number of aromatic nitrogens is 3. The standard InChI is InChI=1S/C10H11N3O/c1-3-9(14)8-6-13-5-7(2)11-4-10(13)12-8/h4-6H,3H2,1-2H3. The third kappa shape index (κ3) is 1.39. The normalized spacial score (nSPS) is 10.7. The summed E-state index contributed by atoms with van der Waals surface area (Å²) in [6.07, 6.45) is 5.75. The molecule has 2 aromatic heterocycles. The maximum absolute atomic E-state index is 11.4. The second-order valence-corrected chi connectivity index (χ2v) is 3.20. The molecular formula is C10H11N3O. The van der Waals surface area contributed by atoms with Crippen molar-refractivity contribution in [2.75, 3.05) is 0 Å². The van der Waals surface area contributed by atoms with Crippen LogP contribution in [0.1, 0.15) is 29.5 Å². The summed E-state index contributed by atoms with van der Waals surface area (Å²) >= 11 is 0. The summed E-state index contributed by atoms with van der Waals surface area (Å²) in [7, 11) is 0. The van der Waals surface area contributed by atoms with Gasteiger partial charge in [-0.25, -0.2) is 4.98 Å². The fraction of sp³-hybridized carbons (Fsp3) is 0.300. The summed E-state index contributed by atoms with van der Waals surface area (Å²) in [5.41, 5.74) is 2.14. The molecule has 0 radical (unpaired) electrons. The lowest BCUT2D eigenvalue weighted by atomic mass is 10.2. The highest BCUT2D eigenvalue weighted by atomic mass is 16.1. The molecule has 2 heterocycles. The summed E-state index contributed by atoms with van der Waals surface area (Å²) in [5.74, 6) is 0.0614. The van der Waals surface area contributed by atoms with E-state index in [9.17, 15) is 4.79 Å². The first-order valence-electron chi connectivity index (χ1n) is 4.55. The number of nitrogens with zero attached hydrogens (tertiary/aromatic N) is 3. The molecular weight excluding hydrogens is 178 g/mol. The summed E-state index contributed by atoms with van der Waals surface area (Å²) in [6.45, 7) is 3.73. The van der Waals surface area contributed by atoms with Gasteiger partial charge in [-0.05, 0) is 6.92 Å². The van der Waals surface area contributed by atoms with Crippen LogP contribution in [0.3, 0.4) is 0 Å². The molecule has 0 amide bonds. The highest BCUT2D eigenvalue weighted by Crippen LogP contribution is 2.06. The zero-order chi connectivity index (χ0) is 10.1. The van der Waals surface area contributed by atoms with E-state index in [1.807, 2.05) is 24.4 Å². The molecule has 4 heteroatoms. The fourth-order valence-corrected chi connectivity index (χ4v) is 1.32.